The molecule has 5 heteroatoms. The Hall–Kier alpha value is -1.52. The molecular weight excluding hydrogens is 254 g/mol. The van der Waals surface area contributed by atoms with E-state index in [1.807, 2.05) is 33.3 Å². The molecular formula is C15H25N3O2. The fraction of sp³-hybridized carbons (Fsp3) is 0.733. The van der Waals surface area contributed by atoms with Crippen molar-refractivity contribution >= 4 is 6.09 Å². The van der Waals surface area contributed by atoms with Crippen molar-refractivity contribution < 1.29 is 9.53 Å². The molecule has 0 spiro atoms. The first-order chi connectivity index (χ1) is 9.30. The second-order valence-corrected chi connectivity index (χ2v) is 6.81. The highest BCUT2D eigenvalue weighted by atomic mass is 16.6. The number of nitrogens with zero attached hydrogens (tertiary/aromatic N) is 2. The average Bonchev–Trinajstić information content (AvgIpc) is 2.93. The predicted octanol–water partition coefficient (Wildman–Crippen LogP) is 3.20. The van der Waals surface area contributed by atoms with Crippen LogP contribution in [-0.2, 0) is 16.8 Å². The molecule has 112 valence electrons. The van der Waals surface area contributed by atoms with E-state index in [1.54, 1.807) is 0 Å². The van der Waals surface area contributed by atoms with Crippen molar-refractivity contribution in [1.29, 1.82) is 0 Å². The molecule has 1 N–H and O–H groups in total. The number of carbonyl (C=O) groups excluding carboxylic acids is 1. The van der Waals surface area contributed by atoms with Crippen LogP contribution >= 0.6 is 0 Å². The van der Waals surface area contributed by atoms with Gasteiger partial charge in [0.25, 0.3) is 0 Å². The molecule has 1 amide bonds. The highest BCUT2D eigenvalue weighted by Crippen LogP contribution is 2.36. The normalized spacial score (nSPS) is 18.0. The summed E-state index contributed by atoms with van der Waals surface area (Å²) in [6.45, 7) is 8.28. The molecule has 2 rings (SSSR count). The lowest BCUT2D eigenvalue weighted by atomic mass is 10.00. The molecule has 1 fully saturated rings. The topological polar surface area (TPSA) is 56.1 Å². The van der Waals surface area contributed by atoms with Gasteiger partial charge < -0.3 is 14.6 Å². The number of amides is 1. The van der Waals surface area contributed by atoms with E-state index in [2.05, 4.69) is 21.8 Å². The largest absolute Gasteiger partial charge is 0.444 e. The molecule has 5 nitrogen and oxygen atoms in total. The van der Waals surface area contributed by atoms with Gasteiger partial charge in [-0.3, -0.25) is 0 Å². The van der Waals surface area contributed by atoms with E-state index in [4.69, 9.17) is 4.74 Å². The van der Waals surface area contributed by atoms with E-state index < -0.39 is 5.60 Å². The molecule has 1 saturated carbocycles. The van der Waals surface area contributed by atoms with Gasteiger partial charge in [-0.05, 0) is 40.5 Å². The Labute approximate surface area is 120 Å². The minimum atomic E-state index is -0.470. The summed E-state index contributed by atoms with van der Waals surface area (Å²) in [5.41, 5.74) is 0.698. The third-order valence-electron chi connectivity index (χ3n) is 3.79. The Kier molecular flexibility index (Phi) is 4.06. The zero-order valence-electron chi connectivity index (χ0n) is 12.9. The zero-order valence-corrected chi connectivity index (χ0v) is 12.9. The van der Waals surface area contributed by atoms with Crippen LogP contribution in [-0.4, -0.2) is 21.2 Å². The first kappa shape index (κ1) is 14.9. The number of alkyl carbamates (subject to hydrolysis) is 1. The Morgan fingerprint density at radius 1 is 1.45 bits per heavy atom. The summed E-state index contributed by atoms with van der Waals surface area (Å²) >= 11 is 0. The number of imidazole rings is 1. The molecule has 0 atom stereocenters. The first-order valence-electron chi connectivity index (χ1n) is 7.29. The number of nitrogens with one attached hydrogen (secondary N) is 1. The minimum absolute atomic E-state index is 0.140. The van der Waals surface area contributed by atoms with Crippen molar-refractivity contribution in [3.8, 4) is 0 Å². The molecule has 0 bridgehead atoms. The summed E-state index contributed by atoms with van der Waals surface area (Å²) in [4.78, 5) is 15.9. The van der Waals surface area contributed by atoms with Gasteiger partial charge in [0.05, 0.1) is 18.6 Å². The standard InChI is InChI=1S/C15H25N3O2/c1-14(2,3)20-13(19)17-10-12-9-16-11-18(12)15(4)7-5-6-8-15/h9,11H,5-8,10H2,1-4H3,(H,17,19). The first-order valence-corrected chi connectivity index (χ1v) is 7.29. The van der Waals surface area contributed by atoms with E-state index >= 15 is 0 Å². The Morgan fingerprint density at radius 2 is 2.10 bits per heavy atom. The third-order valence-corrected chi connectivity index (χ3v) is 3.79. The molecule has 1 aromatic heterocycles. The summed E-state index contributed by atoms with van der Waals surface area (Å²) in [6, 6.07) is 0. The summed E-state index contributed by atoms with van der Waals surface area (Å²) in [5, 5.41) is 2.80. The lowest BCUT2D eigenvalue weighted by Crippen LogP contribution is -2.34. The number of carbonyl (C=O) groups is 1. The summed E-state index contributed by atoms with van der Waals surface area (Å²) in [6.07, 6.45) is 8.16. The van der Waals surface area contributed by atoms with Crippen molar-refractivity contribution in [2.45, 2.75) is 71.1 Å². The van der Waals surface area contributed by atoms with Crippen LogP contribution in [0.1, 0.15) is 59.1 Å². The number of hydrogen-bond acceptors (Lipinski definition) is 3. The van der Waals surface area contributed by atoms with Crippen LogP contribution in [0.4, 0.5) is 4.79 Å². The second-order valence-electron chi connectivity index (χ2n) is 6.81. The highest BCUT2D eigenvalue weighted by Gasteiger charge is 2.31. The quantitative estimate of drug-likeness (QED) is 0.924. The van der Waals surface area contributed by atoms with Crippen LogP contribution < -0.4 is 5.32 Å². The van der Waals surface area contributed by atoms with Crippen molar-refractivity contribution in [2.75, 3.05) is 0 Å². The molecule has 1 aliphatic carbocycles. The van der Waals surface area contributed by atoms with Crippen LogP contribution in [0.3, 0.4) is 0 Å². The number of ether oxygens (including phenoxy) is 1. The highest BCUT2D eigenvalue weighted by molar-refractivity contribution is 5.67. The zero-order chi connectivity index (χ0) is 14.8. The van der Waals surface area contributed by atoms with Gasteiger partial charge in [-0.15, -0.1) is 0 Å². The molecule has 0 radical (unpaired) electrons. The fourth-order valence-electron chi connectivity index (χ4n) is 2.79. The second kappa shape index (κ2) is 5.46. The van der Waals surface area contributed by atoms with Crippen LogP contribution in [0.25, 0.3) is 0 Å². The van der Waals surface area contributed by atoms with E-state index in [0.717, 1.165) is 5.69 Å². The van der Waals surface area contributed by atoms with Gasteiger partial charge in [0.15, 0.2) is 0 Å². The van der Waals surface area contributed by atoms with Crippen molar-refractivity contribution in [1.82, 2.24) is 14.9 Å². The monoisotopic (exact) mass is 279 g/mol. The van der Waals surface area contributed by atoms with Gasteiger partial charge in [0.2, 0.25) is 0 Å². The number of rotatable bonds is 3. The van der Waals surface area contributed by atoms with Gasteiger partial charge in [-0.2, -0.15) is 0 Å². The molecule has 0 aliphatic heterocycles. The fourth-order valence-corrected chi connectivity index (χ4v) is 2.79. The maximum atomic E-state index is 11.7. The van der Waals surface area contributed by atoms with Crippen LogP contribution in [0.15, 0.2) is 12.5 Å². The van der Waals surface area contributed by atoms with Crippen LogP contribution in [0.5, 0.6) is 0 Å². The maximum Gasteiger partial charge on any atom is 0.407 e. The van der Waals surface area contributed by atoms with Crippen molar-refractivity contribution in [3.63, 3.8) is 0 Å². The van der Waals surface area contributed by atoms with Gasteiger partial charge >= 0.3 is 6.09 Å². The molecule has 0 aromatic carbocycles. The molecule has 1 aromatic rings. The lowest BCUT2D eigenvalue weighted by Gasteiger charge is -2.28. The number of hydrogen-bond donors (Lipinski definition) is 1. The van der Waals surface area contributed by atoms with E-state index in [-0.39, 0.29) is 11.6 Å². The number of aromatic nitrogens is 2. The third kappa shape index (κ3) is 3.52. The molecule has 0 saturated heterocycles. The molecule has 0 unspecified atom stereocenters. The van der Waals surface area contributed by atoms with E-state index in [1.165, 1.54) is 25.7 Å². The molecule has 1 aliphatic rings. The SMILES string of the molecule is CC(C)(C)OC(=O)NCc1cncn1C1(C)CCCC1. The summed E-state index contributed by atoms with van der Waals surface area (Å²) in [5.74, 6) is 0. The van der Waals surface area contributed by atoms with Crippen LogP contribution in [0, 0.1) is 0 Å². The Balaban J connectivity index is 1.98. The average molecular weight is 279 g/mol. The van der Waals surface area contributed by atoms with E-state index in [9.17, 15) is 4.79 Å². The van der Waals surface area contributed by atoms with Gasteiger partial charge in [0.1, 0.15) is 5.60 Å². The Morgan fingerprint density at radius 3 is 2.70 bits per heavy atom. The maximum absolute atomic E-state index is 11.7. The van der Waals surface area contributed by atoms with Gasteiger partial charge in [-0.25, -0.2) is 9.78 Å². The summed E-state index contributed by atoms with van der Waals surface area (Å²) < 4.78 is 7.45. The predicted molar refractivity (Wildman–Crippen MR) is 77.4 cm³/mol. The Bertz CT molecular complexity index is 468. The summed E-state index contributed by atoms with van der Waals surface area (Å²) in [7, 11) is 0. The van der Waals surface area contributed by atoms with Crippen molar-refractivity contribution in [2.24, 2.45) is 0 Å². The van der Waals surface area contributed by atoms with Crippen LogP contribution in [0.2, 0.25) is 0 Å². The van der Waals surface area contributed by atoms with Gasteiger partial charge in [-0.1, -0.05) is 12.8 Å². The van der Waals surface area contributed by atoms with E-state index in [0.29, 0.717) is 6.54 Å². The van der Waals surface area contributed by atoms with Crippen molar-refractivity contribution in [3.05, 3.63) is 18.2 Å². The molecule has 20 heavy (non-hydrogen) atoms. The minimum Gasteiger partial charge on any atom is -0.444 e. The lowest BCUT2D eigenvalue weighted by molar-refractivity contribution is 0.0521. The molecule has 1 heterocycles. The smallest absolute Gasteiger partial charge is 0.407 e. The van der Waals surface area contributed by atoms with Gasteiger partial charge in [0, 0.05) is 11.7 Å².